The van der Waals surface area contributed by atoms with Crippen LogP contribution in [0.5, 0.6) is 5.75 Å². The van der Waals surface area contributed by atoms with E-state index in [4.69, 9.17) is 14.2 Å². The predicted octanol–water partition coefficient (Wildman–Crippen LogP) is 7.54. The molecule has 8 rings (SSSR count). The van der Waals surface area contributed by atoms with Crippen molar-refractivity contribution in [2.45, 2.75) is 120 Å². The average molecular weight is 744 g/mol. The number of hydrogen-bond acceptors (Lipinski definition) is 10. The first-order valence-electron chi connectivity index (χ1n) is 17.6. The number of aromatic nitrogens is 2. The van der Waals surface area contributed by atoms with Crippen LogP contribution >= 0.6 is 11.3 Å². The van der Waals surface area contributed by atoms with Crippen LogP contribution < -0.4 is 19.7 Å². The van der Waals surface area contributed by atoms with Gasteiger partial charge in [0, 0.05) is 47.3 Å². The fourth-order valence-electron chi connectivity index (χ4n) is 7.53. The normalized spacial score (nSPS) is 22.9. The Morgan fingerprint density at radius 3 is 2.47 bits per heavy atom. The molecule has 2 saturated carbocycles. The first-order valence-corrected chi connectivity index (χ1v) is 19.9. The Labute approximate surface area is 298 Å². The third-order valence-corrected chi connectivity index (χ3v) is 13.9. The molecule has 4 aliphatic rings. The van der Waals surface area contributed by atoms with E-state index in [1.165, 1.54) is 23.5 Å². The first-order chi connectivity index (χ1) is 24.2. The summed E-state index contributed by atoms with van der Waals surface area (Å²) < 4.78 is 81.4. The molecule has 2 bridgehead atoms. The zero-order valence-corrected chi connectivity index (χ0v) is 30.2. The minimum absolute atomic E-state index is 0.0310. The van der Waals surface area contributed by atoms with E-state index >= 15 is 0 Å². The maximum absolute atomic E-state index is 14.0. The van der Waals surface area contributed by atoms with E-state index in [1.54, 1.807) is 25.1 Å². The van der Waals surface area contributed by atoms with Gasteiger partial charge in [-0.25, -0.2) is 18.1 Å². The second kappa shape index (κ2) is 12.5. The minimum Gasteiger partial charge on any atom is -0.489 e. The molecule has 2 N–H and O–H groups in total. The van der Waals surface area contributed by atoms with Crippen molar-refractivity contribution < 1.29 is 35.6 Å². The quantitative estimate of drug-likeness (QED) is 0.160. The third-order valence-electron chi connectivity index (χ3n) is 10.7. The van der Waals surface area contributed by atoms with Gasteiger partial charge in [-0.05, 0) is 90.3 Å². The van der Waals surface area contributed by atoms with Crippen LogP contribution in [-0.2, 0) is 22.7 Å². The number of fused-ring (bicyclic) bond motifs is 3. The minimum atomic E-state index is -4.52. The van der Waals surface area contributed by atoms with Gasteiger partial charge in [-0.1, -0.05) is 34.7 Å². The van der Waals surface area contributed by atoms with Crippen molar-refractivity contribution in [3.05, 3.63) is 58.8 Å². The van der Waals surface area contributed by atoms with E-state index in [0.29, 0.717) is 42.0 Å². The second-order valence-corrected chi connectivity index (χ2v) is 18.1. The molecule has 4 aromatic rings. The average Bonchev–Trinajstić information content (AvgIpc) is 3.95. The van der Waals surface area contributed by atoms with Gasteiger partial charge in [-0.2, -0.15) is 13.2 Å². The number of ether oxygens (including phenoxy) is 1. The zero-order chi connectivity index (χ0) is 35.9. The fourth-order valence-corrected chi connectivity index (χ4v) is 9.95. The van der Waals surface area contributed by atoms with Crippen molar-refractivity contribution in [1.82, 2.24) is 20.2 Å². The lowest BCUT2D eigenvalue weighted by Crippen LogP contribution is -2.49. The van der Waals surface area contributed by atoms with E-state index in [2.05, 4.69) is 20.1 Å². The highest BCUT2D eigenvalue weighted by molar-refractivity contribution is 7.91. The summed E-state index contributed by atoms with van der Waals surface area (Å²) in [6.45, 7) is 5.76. The molecule has 2 aliphatic heterocycles. The maximum atomic E-state index is 14.0. The van der Waals surface area contributed by atoms with Crippen LogP contribution in [0.25, 0.3) is 21.5 Å². The Morgan fingerprint density at radius 1 is 1.12 bits per heavy atom. The number of nitrogens with one attached hydrogen (secondary N) is 2. The van der Waals surface area contributed by atoms with Crippen molar-refractivity contribution in [1.29, 1.82) is 0 Å². The molecule has 4 fully saturated rings. The van der Waals surface area contributed by atoms with Crippen molar-refractivity contribution in [3.63, 3.8) is 0 Å². The molecule has 2 aliphatic carbocycles. The van der Waals surface area contributed by atoms with Crippen molar-refractivity contribution in [2.24, 2.45) is 0 Å². The maximum Gasteiger partial charge on any atom is 0.417 e. The number of anilines is 1. The van der Waals surface area contributed by atoms with Crippen LogP contribution in [-0.4, -0.2) is 53.4 Å². The summed E-state index contributed by atoms with van der Waals surface area (Å²) in [6, 6.07) is 9.30. The van der Waals surface area contributed by atoms with Gasteiger partial charge in [0.1, 0.15) is 22.7 Å². The predicted molar refractivity (Wildman–Crippen MR) is 187 cm³/mol. The second-order valence-electron chi connectivity index (χ2n) is 14.9. The lowest BCUT2D eigenvalue weighted by atomic mass is 9.96. The Hall–Kier alpha value is -3.69. The first kappa shape index (κ1) is 34.4. The lowest BCUT2D eigenvalue weighted by Gasteiger charge is -2.39. The Balaban J connectivity index is 1.02. The van der Waals surface area contributed by atoms with Gasteiger partial charge in [-0.3, -0.25) is 4.79 Å². The van der Waals surface area contributed by atoms with Crippen LogP contribution in [0.4, 0.5) is 18.3 Å². The smallest absolute Gasteiger partial charge is 0.417 e. The fraction of sp³-hybridized carbons (Fsp3) is 0.528. The number of sulfonamides is 1. The summed E-state index contributed by atoms with van der Waals surface area (Å²) in [5, 5.41) is 8.66. The lowest BCUT2D eigenvalue weighted by molar-refractivity contribution is -0.137. The molecule has 2 aromatic heterocycles. The number of piperidine rings is 1. The number of nitrogens with zero attached hydrogens (tertiary/aromatic N) is 3. The monoisotopic (exact) mass is 743 g/mol. The molecule has 2 aromatic carbocycles. The van der Waals surface area contributed by atoms with Crippen LogP contribution in [0.15, 0.2) is 40.9 Å². The molecule has 51 heavy (non-hydrogen) atoms. The largest absolute Gasteiger partial charge is 0.489 e. The number of rotatable bonds is 11. The van der Waals surface area contributed by atoms with Gasteiger partial charge >= 0.3 is 6.18 Å². The number of benzene rings is 2. The number of carbonyl (C=O) groups is 1. The number of carbonyl (C=O) groups excluding carboxylic acids is 1. The Kier molecular flexibility index (Phi) is 8.41. The standard InChI is InChI=1S/C36H40F3N5O5S2/c1-19(2)48-28-14-21(33(45)43-51(46,47)35(3)12-13-35)15-29-31(28)41-34(50-29)44-23-10-11-24(44)17-22(16-23)40-18-26-30(42-49-32(26)20-8-9-20)25-6-4-5-7-27(25)36(37,38)39/h4-7,14-15,19-20,22-24,40H,8-13,16-18H2,1-3H3,(H,43,45). The molecule has 272 valence electrons. The van der Waals surface area contributed by atoms with Gasteiger partial charge in [0.2, 0.25) is 10.0 Å². The van der Waals surface area contributed by atoms with Crippen LogP contribution in [0.3, 0.4) is 0 Å². The van der Waals surface area contributed by atoms with Gasteiger partial charge in [-0.15, -0.1) is 0 Å². The number of alkyl halides is 3. The van der Waals surface area contributed by atoms with Crippen LogP contribution in [0.2, 0.25) is 0 Å². The number of amides is 1. The molecule has 0 radical (unpaired) electrons. The van der Waals surface area contributed by atoms with Crippen LogP contribution in [0, 0.1) is 0 Å². The van der Waals surface area contributed by atoms with E-state index in [0.717, 1.165) is 54.4 Å². The molecule has 2 saturated heterocycles. The highest BCUT2D eigenvalue weighted by Gasteiger charge is 2.51. The third kappa shape index (κ3) is 6.50. The summed E-state index contributed by atoms with van der Waals surface area (Å²) in [5.74, 6) is 0.594. The van der Waals surface area contributed by atoms with Gasteiger partial charge < -0.3 is 19.5 Å². The van der Waals surface area contributed by atoms with Gasteiger partial charge in [0.25, 0.3) is 5.91 Å². The molecule has 0 spiro atoms. The van der Waals surface area contributed by atoms with E-state index in [9.17, 15) is 26.4 Å². The van der Waals surface area contributed by atoms with Crippen molar-refractivity contribution >= 4 is 42.6 Å². The van der Waals surface area contributed by atoms with Crippen LogP contribution in [0.1, 0.15) is 105 Å². The van der Waals surface area contributed by atoms with E-state index < -0.39 is 32.4 Å². The molecular weight excluding hydrogens is 704 g/mol. The summed E-state index contributed by atoms with van der Waals surface area (Å²) in [7, 11) is -3.81. The molecule has 2 atom stereocenters. The topological polar surface area (TPSA) is 127 Å². The molecular formula is C36H40F3N5O5S2. The highest BCUT2D eigenvalue weighted by Crippen LogP contribution is 2.47. The summed E-state index contributed by atoms with van der Waals surface area (Å²) >= 11 is 1.46. The Morgan fingerprint density at radius 2 is 1.82 bits per heavy atom. The zero-order valence-electron chi connectivity index (χ0n) is 28.5. The number of hydrogen-bond donors (Lipinski definition) is 2. The molecule has 4 heterocycles. The van der Waals surface area contributed by atoms with E-state index in [1.807, 2.05) is 13.8 Å². The summed E-state index contributed by atoms with van der Waals surface area (Å²) in [5.41, 5.74) is 1.08. The molecule has 1 amide bonds. The van der Waals surface area contributed by atoms with Crippen molar-refractivity contribution in [2.75, 3.05) is 4.90 Å². The number of thiazole rings is 1. The van der Waals surface area contributed by atoms with Crippen molar-refractivity contribution in [3.8, 4) is 17.0 Å². The van der Waals surface area contributed by atoms with Gasteiger partial charge in [0.05, 0.1) is 21.1 Å². The molecule has 10 nitrogen and oxygen atoms in total. The summed E-state index contributed by atoms with van der Waals surface area (Å²) in [4.78, 5) is 20.6. The molecule has 15 heteroatoms. The van der Waals surface area contributed by atoms with E-state index in [-0.39, 0.29) is 47.0 Å². The summed E-state index contributed by atoms with van der Waals surface area (Å²) in [6.07, 6.45) is 1.78. The highest BCUT2D eigenvalue weighted by atomic mass is 32.2. The van der Waals surface area contributed by atoms with Gasteiger partial charge in [0.15, 0.2) is 5.13 Å². The number of halogens is 3. The SMILES string of the molecule is CC(C)Oc1cc(C(=O)NS(=O)(=O)C2(C)CC2)cc2sc(N3C4CCC3CC(NCc3c(-c5ccccc5C(F)(F)F)noc3C3CC3)C4)nc12. The Bertz CT molecular complexity index is 2090. The molecule has 2 unspecified atom stereocenters.